The highest BCUT2D eigenvalue weighted by Gasteiger charge is 2.43. The Morgan fingerprint density at radius 1 is 1.79 bits per heavy atom. The number of amides is 1. The number of hydrogen-bond donors (Lipinski definition) is 2. The second kappa shape index (κ2) is 4.53. The first-order valence-electron chi connectivity index (χ1n) is 5.19. The summed E-state index contributed by atoms with van der Waals surface area (Å²) in [6.07, 6.45) is 1.88. The van der Waals surface area contributed by atoms with Crippen molar-refractivity contribution in [3.05, 3.63) is 0 Å². The second-order valence-corrected chi connectivity index (χ2v) is 5.65. The third kappa shape index (κ3) is 2.42. The van der Waals surface area contributed by atoms with Crippen molar-refractivity contribution in [2.24, 2.45) is 5.73 Å². The predicted octanol–water partition coefficient (Wildman–Crippen LogP) is 1.12. The minimum Gasteiger partial charge on any atom is -0.368 e. The number of carbonyl (C=O) groups excluding carboxylic acids is 1. The van der Waals surface area contributed by atoms with Crippen LogP contribution in [0.5, 0.6) is 0 Å². The highest BCUT2D eigenvalue weighted by atomic mass is 32.2. The number of rotatable bonds is 4. The molecule has 1 aliphatic heterocycles. The van der Waals surface area contributed by atoms with Crippen LogP contribution < -0.4 is 11.1 Å². The maximum atomic E-state index is 11.5. The third-order valence-corrected chi connectivity index (χ3v) is 4.25. The van der Waals surface area contributed by atoms with E-state index >= 15 is 0 Å². The third-order valence-electron chi connectivity index (χ3n) is 2.86. The van der Waals surface area contributed by atoms with E-state index in [9.17, 15) is 4.79 Å². The van der Waals surface area contributed by atoms with Crippen molar-refractivity contribution in [1.82, 2.24) is 5.32 Å². The standard InChI is InChI=1S/C10H20N2OS/c1-4-7(2)12-10(9(11)13)5-8(3)14-6-10/h7-8,12H,4-6H2,1-3H3,(H2,11,13). The van der Waals surface area contributed by atoms with E-state index in [0.717, 1.165) is 18.6 Å². The van der Waals surface area contributed by atoms with Gasteiger partial charge in [-0.1, -0.05) is 13.8 Å². The average Bonchev–Trinajstić information content (AvgIpc) is 2.48. The van der Waals surface area contributed by atoms with Crippen LogP contribution in [0.3, 0.4) is 0 Å². The summed E-state index contributed by atoms with van der Waals surface area (Å²) in [5.74, 6) is 0.614. The first kappa shape index (κ1) is 11.9. The number of nitrogens with one attached hydrogen (secondary N) is 1. The highest BCUT2D eigenvalue weighted by Crippen LogP contribution is 2.34. The fourth-order valence-electron chi connectivity index (χ4n) is 1.81. The van der Waals surface area contributed by atoms with Crippen LogP contribution in [0.25, 0.3) is 0 Å². The summed E-state index contributed by atoms with van der Waals surface area (Å²) in [5, 5.41) is 3.90. The topological polar surface area (TPSA) is 55.1 Å². The van der Waals surface area contributed by atoms with Gasteiger partial charge in [0.25, 0.3) is 0 Å². The summed E-state index contributed by atoms with van der Waals surface area (Å²) >= 11 is 1.82. The molecule has 1 aliphatic rings. The molecule has 14 heavy (non-hydrogen) atoms. The van der Waals surface area contributed by atoms with Crippen LogP contribution in [-0.2, 0) is 4.79 Å². The lowest BCUT2D eigenvalue weighted by Crippen LogP contribution is -2.58. The summed E-state index contributed by atoms with van der Waals surface area (Å²) in [6.45, 7) is 6.35. The number of thioether (sulfide) groups is 1. The Morgan fingerprint density at radius 3 is 2.79 bits per heavy atom. The Balaban J connectivity index is 2.68. The minimum absolute atomic E-state index is 0.199. The van der Waals surface area contributed by atoms with Gasteiger partial charge in [-0.2, -0.15) is 11.8 Å². The lowest BCUT2D eigenvalue weighted by atomic mass is 9.94. The molecule has 3 unspecified atom stereocenters. The van der Waals surface area contributed by atoms with Crippen molar-refractivity contribution in [3.8, 4) is 0 Å². The minimum atomic E-state index is -0.459. The zero-order valence-electron chi connectivity index (χ0n) is 9.17. The van der Waals surface area contributed by atoms with Gasteiger partial charge >= 0.3 is 0 Å². The molecule has 3 nitrogen and oxygen atoms in total. The van der Waals surface area contributed by atoms with Crippen LogP contribution in [0.15, 0.2) is 0 Å². The molecule has 1 amide bonds. The Morgan fingerprint density at radius 2 is 2.43 bits per heavy atom. The SMILES string of the molecule is CCC(C)NC1(C(N)=O)CSC(C)C1. The van der Waals surface area contributed by atoms with E-state index < -0.39 is 5.54 Å². The zero-order chi connectivity index (χ0) is 10.8. The molecule has 0 aromatic rings. The number of carbonyl (C=O) groups is 1. The van der Waals surface area contributed by atoms with Gasteiger partial charge in [0.15, 0.2) is 0 Å². The quantitative estimate of drug-likeness (QED) is 0.740. The summed E-state index contributed by atoms with van der Waals surface area (Å²) in [6, 6.07) is 0.355. The molecule has 0 aliphatic carbocycles. The summed E-state index contributed by atoms with van der Waals surface area (Å²) < 4.78 is 0. The van der Waals surface area contributed by atoms with Crippen LogP contribution in [0.2, 0.25) is 0 Å². The largest absolute Gasteiger partial charge is 0.368 e. The zero-order valence-corrected chi connectivity index (χ0v) is 9.99. The molecule has 1 fully saturated rings. The van der Waals surface area contributed by atoms with Gasteiger partial charge in [0.2, 0.25) is 5.91 Å². The normalized spacial score (nSPS) is 34.4. The van der Waals surface area contributed by atoms with E-state index in [2.05, 4.69) is 26.1 Å². The molecule has 0 spiro atoms. The Labute approximate surface area is 90.2 Å². The molecule has 0 aromatic carbocycles. The molecular formula is C10H20N2OS. The fraction of sp³-hybridized carbons (Fsp3) is 0.900. The van der Waals surface area contributed by atoms with Crippen molar-refractivity contribution in [2.75, 3.05) is 5.75 Å². The van der Waals surface area contributed by atoms with E-state index in [-0.39, 0.29) is 5.91 Å². The maximum absolute atomic E-state index is 11.5. The Kier molecular flexibility index (Phi) is 3.84. The first-order chi connectivity index (χ1) is 6.50. The predicted molar refractivity (Wildman–Crippen MR) is 61.4 cm³/mol. The Hall–Kier alpha value is -0.220. The van der Waals surface area contributed by atoms with Gasteiger partial charge in [-0.05, 0) is 19.8 Å². The Bertz CT molecular complexity index is 222. The summed E-state index contributed by atoms with van der Waals surface area (Å²) in [5.41, 5.74) is 5.02. The molecular weight excluding hydrogens is 196 g/mol. The first-order valence-corrected chi connectivity index (χ1v) is 6.24. The smallest absolute Gasteiger partial charge is 0.238 e. The van der Waals surface area contributed by atoms with Gasteiger partial charge < -0.3 is 11.1 Å². The molecule has 3 N–H and O–H groups in total. The van der Waals surface area contributed by atoms with Gasteiger partial charge in [0.1, 0.15) is 5.54 Å². The van der Waals surface area contributed by atoms with Crippen LogP contribution in [0.1, 0.15) is 33.6 Å². The second-order valence-electron chi connectivity index (χ2n) is 4.23. The molecule has 0 aromatic heterocycles. The van der Waals surface area contributed by atoms with E-state index in [1.807, 2.05) is 11.8 Å². The van der Waals surface area contributed by atoms with Crippen LogP contribution in [-0.4, -0.2) is 28.5 Å². The van der Waals surface area contributed by atoms with Gasteiger partial charge in [-0.3, -0.25) is 4.79 Å². The van der Waals surface area contributed by atoms with Crippen molar-refractivity contribution >= 4 is 17.7 Å². The van der Waals surface area contributed by atoms with Crippen molar-refractivity contribution in [2.45, 2.75) is 50.4 Å². The summed E-state index contributed by atoms with van der Waals surface area (Å²) in [4.78, 5) is 11.5. The number of primary amides is 1. The molecule has 1 heterocycles. The molecule has 1 saturated heterocycles. The van der Waals surface area contributed by atoms with E-state index in [1.165, 1.54) is 0 Å². The highest BCUT2D eigenvalue weighted by molar-refractivity contribution is 8.00. The molecule has 0 bridgehead atoms. The van der Waals surface area contributed by atoms with Gasteiger partial charge in [-0.25, -0.2) is 0 Å². The van der Waals surface area contributed by atoms with E-state index in [0.29, 0.717) is 11.3 Å². The monoisotopic (exact) mass is 216 g/mol. The van der Waals surface area contributed by atoms with Crippen molar-refractivity contribution in [3.63, 3.8) is 0 Å². The van der Waals surface area contributed by atoms with Crippen LogP contribution in [0.4, 0.5) is 0 Å². The van der Waals surface area contributed by atoms with Gasteiger partial charge in [-0.15, -0.1) is 0 Å². The summed E-state index contributed by atoms with van der Waals surface area (Å²) in [7, 11) is 0. The van der Waals surface area contributed by atoms with Crippen LogP contribution >= 0.6 is 11.8 Å². The molecule has 1 rings (SSSR count). The van der Waals surface area contributed by atoms with E-state index in [1.54, 1.807) is 0 Å². The lowest BCUT2D eigenvalue weighted by Gasteiger charge is -2.29. The molecule has 0 saturated carbocycles. The lowest BCUT2D eigenvalue weighted by molar-refractivity contribution is -0.123. The van der Waals surface area contributed by atoms with Crippen LogP contribution in [0, 0.1) is 0 Å². The van der Waals surface area contributed by atoms with Gasteiger partial charge in [0.05, 0.1) is 0 Å². The number of hydrogen-bond acceptors (Lipinski definition) is 3. The van der Waals surface area contributed by atoms with Crippen molar-refractivity contribution in [1.29, 1.82) is 0 Å². The van der Waals surface area contributed by atoms with Crippen molar-refractivity contribution < 1.29 is 4.79 Å². The van der Waals surface area contributed by atoms with Gasteiger partial charge in [0, 0.05) is 17.0 Å². The fourth-order valence-corrected chi connectivity index (χ4v) is 3.13. The molecule has 82 valence electrons. The number of nitrogens with two attached hydrogens (primary N) is 1. The molecule has 0 radical (unpaired) electrons. The molecule has 3 atom stereocenters. The molecule has 4 heteroatoms. The average molecular weight is 216 g/mol. The maximum Gasteiger partial charge on any atom is 0.238 e. The van der Waals surface area contributed by atoms with E-state index in [4.69, 9.17) is 5.73 Å².